The molecule has 5 rings (SSSR count). The lowest BCUT2D eigenvalue weighted by Crippen LogP contribution is -1.94. The zero-order valence-electron chi connectivity index (χ0n) is 18.4. The fourth-order valence-electron chi connectivity index (χ4n) is 3.68. The number of hydrogen-bond donors (Lipinski definition) is 0. The van der Waals surface area contributed by atoms with Crippen molar-refractivity contribution in [3.05, 3.63) is 99.9 Å². The molecule has 166 valence electrons. The third-order valence-corrected chi connectivity index (χ3v) is 5.36. The van der Waals surface area contributed by atoms with Gasteiger partial charge >= 0.3 is 5.69 Å². The Bertz CT molecular complexity index is 1570. The van der Waals surface area contributed by atoms with Crippen LogP contribution in [-0.4, -0.2) is 26.6 Å². The third kappa shape index (κ3) is 3.76. The standard InChI is InChI=1S/C26H18N4O4/c1-17-24(30(31)32)26(34-28-17)25-23(27-22-5-3-4-16-29(22)25)20-12-8-18(9-13-20)6-7-19-10-14-21(33-2)15-11-19/h3-5,8-16H,1-2H3. The number of rotatable bonds is 4. The average Bonchev–Trinajstić information content (AvgIpc) is 3.43. The fraction of sp³-hybridized carbons (Fsp3) is 0.0769. The van der Waals surface area contributed by atoms with E-state index in [0.717, 1.165) is 22.4 Å². The molecule has 0 fully saturated rings. The van der Waals surface area contributed by atoms with Crippen LogP contribution in [0.25, 0.3) is 28.4 Å². The van der Waals surface area contributed by atoms with Crippen LogP contribution in [0.15, 0.2) is 77.4 Å². The van der Waals surface area contributed by atoms with Crippen LogP contribution in [0.3, 0.4) is 0 Å². The number of fused-ring (bicyclic) bond motifs is 1. The Balaban J connectivity index is 1.56. The Hall–Kier alpha value is -4.90. The highest BCUT2D eigenvalue weighted by molar-refractivity contribution is 5.83. The van der Waals surface area contributed by atoms with Crippen molar-refractivity contribution in [1.82, 2.24) is 14.5 Å². The first-order valence-corrected chi connectivity index (χ1v) is 10.4. The van der Waals surface area contributed by atoms with Crippen molar-refractivity contribution in [2.45, 2.75) is 6.92 Å². The molecule has 0 N–H and O–H groups in total. The molecule has 8 heteroatoms. The first-order valence-electron chi connectivity index (χ1n) is 10.4. The second-order valence-electron chi connectivity index (χ2n) is 7.50. The summed E-state index contributed by atoms with van der Waals surface area (Å²) in [5.41, 5.74) is 4.18. The van der Waals surface area contributed by atoms with Crippen LogP contribution in [0, 0.1) is 28.9 Å². The summed E-state index contributed by atoms with van der Waals surface area (Å²) in [7, 11) is 1.62. The number of benzene rings is 2. The molecule has 0 aliphatic carbocycles. The highest BCUT2D eigenvalue weighted by atomic mass is 16.6. The predicted octanol–water partition coefficient (Wildman–Crippen LogP) is 5.28. The van der Waals surface area contributed by atoms with Gasteiger partial charge in [-0.3, -0.25) is 14.5 Å². The van der Waals surface area contributed by atoms with Gasteiger partial charge in [0.15, 0.2) is 5.69 Å². The van der Waals surface area contributed by atoms with Crippen molar-refractivity contribution in [3.8, 4) is 40.3 Å². The number of nitrogens with zero attached hydrogens (tertiary/aromatic N) is 4. The van der Waals surface area contributed by atoms with E-state index in [2.05, 4.69) is 17.0 Å². The molecule has 2 aromatic carbocycles. The number of nitro groups is 1. The first-order chi connectivity index (χ1) is 16.5. The van der Waals surface area contributed by atoms with Gasteiger partial charge in [0.2, 0.25) is 0 Å². The van der Waals surface area contributed by atoms with E-state index < -0.39 is 4.92 Å². The summed E-state index contributed by atoms with van der Waals surface area (Å²) in [6.07, 6.45) is 1.79. The molecule has 8 nitrogen and oxygen atoms in total. The van der Waals surface area contributed by atoms with E-state index in [4.69, 9.17) is 14.2 Å². The molecule has 3 aromatic heterocycles. The van der Waals surface area contributed by atoms with Gasteiger partial charge in [0, 0.05) is 22.9 Å². The van der Waals surface area contributed by atoms with Crippen molar-refractivity contribution in [2.24, 2.45) is 0 Å². The van der Waals surface area contributed by atoms with Gasteiger partial charge in [-0.05, 0) is 55.5 Å². The van der Waals surface area contributed by atoms with Crippen LogP contribution in [0.1, 0.15) is 16.8 Å². The fourth-order valence-corrected chi connectivity index (χ4v) is 3.68. The number of pyridine rings is 1. The molecule has 0 saturated carbocycles. The van der Waals surface area contributed by atoms with Crippen LogP contribution in [0.4, 0.5) is 5.69 Å². The SMILES string of the molecule is COc1ccc(C#Cc2ccc(-c3nc4ccccn4c3-c3onc(C)c3[N+](=O)[O-])cc2)cc1. The van der Waals surface area contributed by atoms with E-state index in [-0.39, 0.29) is 17.1 Å². The van der Waals surface area contributed by atoms with Crippen LogP contribution >= 0.6 is 0 Å². The lowest BCUT2D eigenvalue weighted by atomic mass is 10.1. The zero-order chi connectivity index (χ0) is 23.7. The molecule has 0 aliphatic rings. The van der Waals surface area contributed by atoms with Gasteiger partial charge in [0.25, 0.3) is 5.76 Å². The summed E-state index contributed by atoms with van der Waals surface area (Å²) < 4.78 is 12.3. The Morgan fingerprint density at radius 1 is 1.00 bits per heavy atom. The van der Waals surface area contributed by atoms with E-state index in [1.807, 2.05) is 66.7 Å². The van der Waals surface area contributed by atoms with Crippen molar-refractivity contribution in [3.63, 3.8) is 0 Å². The van der Waals surface area contributed by atoms with Crippen molar-refractivity contribution >= 4 is 11.3 Å². The summed E-state index contributed by atoms with van der Waals surface area (Å²) in [4.78, 5) is 15.9. The molecular formula is C26H18N4O4. The molecule has 5 aromatic rings. The first kappa shape index (κ1) is 21.0. The number of aromatic nitrogens is 3. The van der Waals surface area contributed by atoms with Crippen LogP contribution < -0.4 is 4.74 Å². The van der Waals surface area contributed by atoms with Crippen molar-refractivity contribution in [2.75, 3.05) is 7.11 Å². The van der Waals surface area contributed by atoms with E-state index in [9.17, 15) is 10.1 Å². The van der Waals surface area contributed by atoms with Gasteiger partial charge in [-0.1, -0.05) is 35.2 Å². The second kappa shape index (κ2) is 8.56. The molecule has 0 unspecified atom stereocenters. The lowest BCUT2D eigenvalue weighted by Gasteiger charge is -2.02. The quantitative estimate of drug-likeness (QED) is 0.210. The van der Waals surface area contributed by atoms with Gasteiger partial charge in [0.05, 0.1) is 12.0 Å². The van der Waals surface area contributed by atoms with Gasteiger partial charge in [-0.15, -0.1) is 0 Å². The van der Waals surface area contributed by atoms with E-state index in [1.54, 1.807) is 24.6 Å². The van der Waals surface area contributed by atoms with Gasteiger partial charge in [-0.25, -0.2) is 4.98 Å². The Morgan fingerprint density at radius 2 is 1.68 bits per heavy atom. The number of aryl methyl sites for hydroxylation is 1. The normalized spacial score (nSPS) is 10.6. The van der Waals surface area contributed by atoms with Gasteiger partial charge < -0.3 is 9.26 Å². The van der Waals surface area contributed by atoms with Gasteiger partial charge in [-0.2, -0.15) is 0 Å². The molecule has 0 spiro atoms. The molecule has 0 saturated heterocycles. The minimum absolute atomic E-state index is 0.0690. The minimum Gasteiger partial charge on any atom is -0.497 e. The maximum absolute atomic E-state index is 11.7. The average molecular weight is 450 g/mol. The lowest BCUT2D eigenvalue weighted by molar-refractivity contribution is -0.385. The molecular weight excluding hydrogens is 432 g/mol. The third-order valence-electron chi connectivity index (χ3n) is 5.36. The molecule has 0 atom stereocenters. The summed E-state index contributed by atoms with van der Waals surface area (Å²) in [6, 6.07) is 20.6. The zero-order valence-corrected chi connectivity index (χ0v) is 18.4. The van der Waals surface area contributed by atoms with Crippen LogP contribution in [-0.2, 0) is 0 Å². The number of ether oxygens (including phenoxy) is 1. The maximum Gasteiger partial charge on any atom is 0.340 e. The molecule has 0 aliphatic heterocycles. The molecule has 0 amide bonds. The van der Waals surface area contributed by atoms with E-state index >= 15 is 0 Å². The number of methoxy groups -OCH3 is 1. The Labute approximate surface area is 194 Å². The molecule has 3 heterocycles. The summed E-state index contributed by atoms with van der Waals surface area (Å²) >= 11 is 0. The summed E-state index contributed by atoms with van der Waals surface area (Å²) in [5, 5.41) is 15.5. The second-order valence-corrected chi connectivity index (χ2v) is 7.50. The van der Waals surface area contributed by atoms with Crippen molar-refractivity contribution < 1.29 is 14.2 Å². The summed E-state index contributed by atoms with van der Waals surface area (Å²) in [5.74, 6) is 7.12. The highest BCUT2D eigenvalue weighted by Crippen LogP contribution is 2.39. The Kier molecular flexibility index (Phi) is 5.28. The topological polar surface area (TPSA) is 95.7 Å². The minimum atomic E-state index is -0.481. The monoisotopic (exact) mass is 450 g/mol. The Morgan fingerprint density at radius 3 is 2.32 bits per heavy atom. The molecule has 34 heavy (non-hydrogen) atoms. The largest absolute Gasteiger partial charge is 0.497 e. The van der Waals surface area contributed by atoms with Crippen LogP contribution in [0.2, 0.25) is 0 Å². The maximum atomic E-state index is 11.7. The van der Waals surface area contributed by atoms with Crippen LogP contribution in [0.5, 0.6) is 5.75 Å². The smallest absolute Gasteiger partial charge is 0.340 e. The number of hydrogen-bond acceptors (Lipinski definition) is 6. The van der Waals surface area contributed by atoms with E-state index in [0.29, 0.717) is 17.0 Å². The summed E-state index contributed by atoms with van der Waals surface area (Å²) in [6.45, 7) is 1.55. The highest BCUT2D eigenvalue weighted by Gasteiger charge is 2.31. The molecule has 0 radical (unpaired) electrons. The number of imidazole rings is 1. The van der Waals surface area contributed by atoms with Gasteiger partial charge in [0.1, 0.15) is 22.8 Å². The predicted molar refractivity (Wildman–Crippen MR) is 126 cm³/mol. The van der Waals surface area contributed by atoms with Crippen molar-refractivity contribution in [1.29, 1.82) is 0 Å². The molecule has 0 bridgehead atoms. The van der Waals surface area contributed by atoms with E-state index in [1.165, 1.54) is 0 Å².